The van der Waals surface area contributed by atoms with Gasteiger partial charge >= 0.3 is 0 Å². The van der Waals surface area contributed by atoms with Crippen LogP contribution in [0.3, 0.4) is 0 Å². The Morgan fingerprint density at radius 1 is 1.10 bits per heavy atom. The molecule has 1 heterocycles. The van der Waals surface area contributed by atoms with E-state index in [1.54, 1.807) is 0 Å². The monoisotopic (exact) mass is 467 g/mol. The van der Waals surface area contributed by atoms with Gasteiger partial charge in [-0.1, -0.05) is 34.8 Å². The van der Waals surface area contributed by atoms with Crippen LogP contribution >= 0.6 is 23.2 Å². The van der Waals surface area contributed by atoms with E-state index in [0.29, 0.717) is 13.0 Å². The smallest absolute Gasteiger partial charge is 0.252 e. The van der Waals surface area contributed by atoms with Gasteiger partial charge < -0.3 is 10.3 Å². The molecular weight excluding hydrogens is 445 g/mol. The minimum absolute atomic E-state index is 0.0324. The predicted octanol–water partition coefficient (Wildman–Crippen LogP) is 4.31. The van der Waals surface area contributed by atoms with Crippen LogP contribution in [0.4, 0.5) is 0 Å². The Kier molecular flexibility index (Phi) is 6.48. The first-order valence-electron chi connectivity index (χ1n) is 9.30. The summed E-state index contributed by atoms with van der Waals surface area (Å²) in [4.78, 5) is 15.9. The fraction of sp³-hybridized carbons (Fsp3) is 0.286. The first kappa shape index (κ1) is 22.6. The largest absolute Gasteiger partial charge is 0.358 e. The zero-order valence-corrected chi connectivity index (χ0v) is 19.5. The van der Waals surface area contributed by atoms with E-state index in [1.165, 1.54) is 26.2 Å². The van der Waals surface area contributed by atoms with Crippen LogP contribution in [0, 0.1) is 13.8 Å². The summed E-state index contributed by atoms with van der Waals surface area (Å²) >= 11 is 12.2. The number of aromatic nitrogens is 1. The Bertz CT molecular complexity index is 1230. The van der Waals surface area contributed by atoms with E-state index < -0.39 is 15.9 Å². The molecule has 3 aromatic rings. The van der Waals surface area contributed by atoms with Gasteiger partial charge in [0.05, 0.1) is 15.6 Å². The normalized spacial score (nSPS) is 12.0. The quantitative estimate of drug-likeness (QED) is 0.566. The van der Waals surface area contributed by atoms with Crippen molar-refractivity contribution in [2.75, 3.05) is 20.6 Å². The van der Waals surface area contributed by atoms with E-state index in [9.17, 15) is 13.2 Å². The van der Waals surface area contributed by atoms with Crippen LogP contribution in [0.1, 0.15) is 27.2 Å². The van der Waals surface area contributed by atoms with Crippen molar-refractivity contribution < 1.29 is 13.2 Å². The molecule has 0 unspecified atom stereocenters. The first-order valence-corrected chi connectivity index (χ1v) is 11.5. The Morgan fingerprint density at radius 3 is 2.47 bits per heavy atom. The number of hydrogen-bond donors (Lipinski definition) is 2. The number of sulfonamides is 1. The molecule has 2 N–H and O–H groups in total. The highest BCUT2D eigenvalue weighted by Gasteiger charge is 2.24. The lowest BCUT2D eigenvalue weighted by molar-refractivity contribution is 0.0954. The molecule has 0 spiro atoms. The maximum Gasteiger partial charge on any atom is 0.252 e. The van der Waals surface area contributed by atoms with Crippen molar-refractivity contribution in [2.45, 2.75) is 25.2 Å². The van der Waals surface area contributed by atoms with Gasteiger partial charge in [-0.3, -0.25) is 4.79 Å². The maximum atomic E-state index is 12.7. The Hall–Kier alpha value is -2.06. The van der Waals surface area contributed by atoms with Crippen molar-refractivity contribution in [2.24, 2.45) is 0 Å². The van der Waals surface area contributed by atoms with E-state index in [0.717, 1.165) is 32.0 Å². The van der Waals surface area contributed by atoms with Crippen molar-refractivity contribution in [3.05, 3.63) is 62.8 Å². The molecule has 0 fully saturated rings. The maximum absolute atomic E-state index is 12.7. The lowest BCUT2D eigenvalue weighted by Crippen LogP contribution is -2.27. The van der Waals surface area contributed by atoms with Crippen LogP contribution < -0.4 is 5.32 Å². The zero-order chi connectivity index (χ0) is 22.2. The standard InChI is InChI=1S/C21H23Cl2N3O3S/c1-12-5-6-19-15(9-12)14(13(2)25-19)7-8-24-21(27)16-10-20(18(23)11-17(16)22)30(28,29)26(3)4/h5-6,9-11,25H,7-8H2,1-4H3,(H,24,27). The predicted molar refractivity (Wildman–Crippen MR) is 121 cm³/mol. The third-order valence-corrected chi connectivity index (χ3v) is 7.55. The van der Waals surface area contributed by atoms with Crippen molar-refractivity contribution in [3.8, 4) is 0 Å². The second kappa shape index (κ2) is 8.59. The van der Waals surface area contributed by atoms with Crippen LogP contribution in [0.15, 0.2) is 35.2 Å². The van der Waals surface area contributed by atoms with Gasteiger partial charge in [0.15, 0.2) is 0 Å². The summed E-state index contributed by atoms with van der Waals surface area (Å²) in [7, 11) is -1.02. The highest BCUT2D eigenvalue weighted by molar-refractivity contribution is 7.89. The summed E-state index contributed by atoms with van der Waals surface area (Å²) in [6.07, 6.45) is 0.620. The highest BCUT2D eigenvalue weighted by Crippen LogP contribution is 2.30. The van der Waals surface area contributed by atoms with Crippen LogP contribution in [0.25, 0.3) is 10.9 Å². The Morgan fingerprint density at radius 2 is 1.80 bits per heavy atom. The number of carbonyl (C=O) groups excluding carboxylic acids is 1. The van der Waals surface area contributed by atoms with Crippen LogP contribution in [0.2, 0.25) is 10.0 Å². The Balaban J connectivity index is 1.81. The number of fused-ring (bicyclic) bond motifs is 1. The van der Waals surface area contributed by atoms with Gasteiger partial charge in [0.25, 0.3) is 5.91 Å². The molecule has 0 aliphatic heterocycles. The lowest BCUT2D eigenvalue weighted by atomic mass is 10.1. The average molecular weight is 468 g/mol. The molecular formula is C21H23Cl2N3O3S. The molecule has 2 aromatic carbocycles. The van der Waals surface area contributed by atoms with Gasteiger partial charge in [-0.15, -0.1) is 0 Å². The number of benzene rings is 2. The second-order valence-electron chi connectivity index (χ2n) is 7.33. The summed E-state index contributed by atoms with van der Waals surface area (Å²) in [6, 6.07) is 8.70. The van der Waals surface area contributed by atoms with E-state index in [-0.39, 0.29) is 20.5 Å². The molecule has 160 valence electrons. The summed E-state index contributed by atoms with van der Waals surface area (Å²) < 4.78 is 26.0. The van der Waals surface area contributed by atoms with Gasteiger partial charge in [-0.05, 0) is 50.1 Å². The number of aryl methyl sites for hydroxylation is 2. The van der Waals surface area contributed by atoms with Crippen LogP contribution in [0.5, 0.6) is 0 Å². The van der Waals surface area contributed by atoms with Crippen molar-refractivity contribution in [1.29, 1.82) is 0 Å². The summed E-state index contributed by atoms with van der Waals surface area (Å²) in [6.45, 7) is 4.41. The third kappa shape index (κ3) is 4.34. The molecule has 6 nitrogen and oxygen atoms in total. The topological polar surface area (TPSA) is 82.3 Å². The van der Waals surface area contributed by atoms with Crippen molar-refractivity contribution in [3.63, 3.8) is 0 Å². The number of aromatic amines is 1. The second-order valence-corrected chi connectivity index (χ2v) is 10.3. The SMILES string of the molecule is Cc1ccc2[nH]c(C)c(CCNC(=O)c3cc(S(=O)(=O)N(C)C)c(Cl)cc3Cl)c2c1. The molecule has 0 radical (unpaired) electrons. The van der Waals surface area contributed by atoms with Gasteiger partial charge in [0.2, 0.25) is 10.0 Å². The summed E-state index contributed by atoms with van der Waals surface area (Å²) in [5, 5.41) is 4.01. The molecule has 0 bridgehead atoms. The summed E-state index contributed by atoms with van der Waals surface area (Å²) in [5.74, 6) is -0.458. The minimum atomic E-state index is -3.81. The van der Waals surface area contributed by atoms with Gasteiger partial charge in [0.1, 0.15) is 4.90 Å². The molecule has 1 aromatic heterocycles. The number of rotatable bonds is 6. The fourth-order valence-electron chi connectivity index (χ4n) is 3.31. The molecule has 0 saturated carbocycles. The number of amides is 1. The number of nitrogens with one attached hydrogen (secondary N) is 2. The number of H-pyrrole nitrogens is 1. The number of carbonyl (C=O) groups is 1. The number of nitrogens with zero attached hydrogens (tertiary/aromatic N) is 1. The van der Waals surface area contributed by atoms with Crippen LogP contribution in [-0.4, -0.2) is 44.3 Å². The molecule has 0 saturated heterocycles. The number of hydrogen-bond acceptors (Lipinski definition) is 3. The zero-order valence-electron chi connectivity index (χ0n) is 17.1. The van der Waals surface area contributed by atoms with Crippen molar-refractivity contribution >= 4 is 50.0 Å². The molecule has 0 aliphatic rings. The van der Waals surface area contributed by atoms with Gasteiger partial charge in [-0.25, -0.2) is 12.7 Å². The van der Waals surface area contributed by atoms with Crippen molar-refractivity contribution in [1.82, 2.24) is 14.6 Å². The van der Waals surface area contributed by atoms with E-state index >= 15 is 0 Å². The lowest BCUT2D eigenvalue weighted by Gasteiger charge is -2.15. The van der Waals surface area contributed by atoms with E-state index in [2.05, 4.69) is 16.4 Å². The molecule has 1 amide bonds. The fourth-order valence-corrected chi connectivity index (χ4v) is 5.04. The molecule has 0 atom stereocenters. The van der Waals surface area contributed by atoms with E-state index in [1.807, 2.05) is 26.0 Å². The first-order chi connectivity index (χ1) is 14.0. The molecule has 3 rings (SSSR count). The van der Waals surface area contributed by atoms with Gasteiger partial charge in [0, 0.05) is 37.2 Å². The average Bonchev–Trinajstić information content (AvgIpc) is 2.96. The molecule has 9 heteroatoms. The van der Waals surface area contributed by atoms with Crippen LogP contribution in [-0.2, 0) is 16.4 Å². The molecule has 0 aliphatic carbocycles. The minimum Gasteiger partial charge on any atom is -0.358 e. The van der Waals surface area contributed by atoms with Gasteiger partial charge in [-0.2, -0.15) is 0 Å². The van der Waals surface area contributed by atoms with E-state index in [4.69, 9.17) is 23.2 Å². The number of halogens is 2. The Labute approximate surface area is 186 Å². The summed E-state index contributed by atoms with van der Waals surface area (Å²) in [5.41, 5.74) is 4.46. The molecule has 30 heavy (non-hydrogen) atoms. The highest BCUT2D eigenvalue weighted by atomic mass is 35.5. The third-order valence-electron chi connectivity index (χ3n) is 4.96.